The molecule has 2 aromatic carbocycles. The van der Waals surface area contributed by atoms with Crippen molar-refractivity contribution in [3.05, 3.63) is 54.1 Å². The molecule has 2 unspecified atom stereocenters. The molecule has 0 spiro atoms. The van der Waals surface area contributed by atoms with Crippen LogP contribution in [0.4, 0.5) is 11.4 Å². The molecule has 2 atom stereocenters. The lowest BCUT2D eigenvalue weighted by Gasteiger charge is -2.13. The smallest absolute Gasteiger partial charge is 0.164 e. The molecule has 0 saturated heterocycles. The van der Waals surface area contributed by atoms with E-state index in [1.165, 1.54) is 31.2 Å². The van der Waals surface area contributed by atoms with E-state index in [-0.39, 0.29) is 11.7 Å². The minimum atomic E-state index is -0.828. The average Bonchev–Trinajstić information content (AvgIpc) is 2.87. The number of benzene rings is 2. The van der Waals surface area contributed by atoms with E-state index in [4.69, 9.17) is 4.74 Å². The second kappa shape index (κ2) is 16.2. The number of nitrogens with zero attached hydrogens (tertiary/aromatic N) is 2. The first-order valence-corrected chi connectivity index (χ1v) is 13.0. The van der Waals surface area contributed by atoms with Crippen LogP contribution >= 0.6 is 0 Å². The molecular weight excluding hydrogens is 424 g/mol. The van der Waals surface area contributed by atoms with E-state index in [9.17, 15) is 9.90 Å². The summed E-state index contributed by atoms with van der Waals surface area (Å²) in [7, 11) is 0. The highest BCUT2D eigenvalue weighted by Gasteiger charge is 2.19. The Morgan fingerprint density at radius 2 is 1.47 bits per heavy atom. The van der Waals surface area contributed by atoms with Gasteiger partial charge in [0.2, 0.25) is 0 Å². The van der Waals surface area contributed by atoms with Gasteiger partial charge in [-0.15, -0.1) is 0 Å². The summed E-state index contributed by atoms with van der Waals surface area (Å²) < 4.78 is 5.79. The number of hydrogen-bond donors (Lipinski definition) is 1. The van der Waals surface area contributed by atoms with E-state index >= 15 is 0 Å². The van der Waals surface area contributed by atoms with Crippen LogP contribution in [-0.4, -0.2) is 23.6 Å². The van der Waals surface area contributed by atoms with E-state index in [0.717, 1.165) is 49.2 Å². The van der Waals surface area contributed by atoms with Crippen LogP contribution in [0.15, 0.2) is 58.8 Å². The number of ether oxygens (including phenoxy) is 1. The molecule has 5 heteroatoms. The van der Waals surface area contributed by atoms with Gasteiger partial charge in [-0.2, -0.15) is 10.2 Å². The Bertz CT molecular complexity index is 847. The quantitative estimate of drug-likeness (QED) is 0.189. The fourth-order valence-corrected chi connectivity index (χ4v) is 3.69. The topological polar surface area (TPSA) is 71.2 Å². The van der Waals surface area contributed by atoms with Crippen molar-refractivity contribution in [2.45, 2.75) is 91.1 Å². The second-order valence-electron chi connectivity index (χ2n) is 9.10. The molecule has 0 aliphatic heterocycles. The van der Waals surface area contributed by atoms with Crippen molar-refractivity contribution in [2.24, 2.45) is 16.1 Å². The number of aryl methyl sites for hydroxylation is 1. The van der Waals surface area contributed by atoms with Crippen molar-refractivity contribution in [3.63, 3.8) is 0 Å². The van der Waals surface area contributed by atoms with Crippen LogP contribution < -0.4 is 4.74 Å². The number of carbonyl (C=O) groups is 1. The summed E-state index contributed by atoms with van der Waals surface area (Å²) >= 11 is 0. The maximum atomic E-state index is 11.9. The molecule has 2 rings (SSSR count). The second-order valence-corrected chi connectivity index (χ2v) is 9.10. The molecular formula is C29H42N2O3. The molecule has 0 saturated carbocycles. The molecule has 5 nitrogen and oxygen atoms in total. The Morgan fingerprint density at radius 1 is 0.853 bits per heavy atom. The van der Waals surface area contributed by atoms with Gasteiger partial charge in [-0.05, 0) is 80.5 Å². The van der Waals surface area contributed by atoms with E-state index in [1.807, 2.05) is 50.2 Å². The lowest BCUT2D eigenvalue weighted by Crippen LogP contribution is -2.26. The molecule has 0 aromatic heterocycles. The molecule has 0 heterocycles. The number of Topliss-reactive ketones (excluding diaryl/α,β-unsaturated/α-hetero) is 1. The summed E-state index contributed by atoms with van der Waals surface area (Å²) in [5.74, 6) is 0.704. The number of aliphatic hydroxyl groups excluding tert-OH is 1. The predicted octanol–water partition coefficient (Wildman–Crippen LogP) is 8.14. The van der Waals surface area contributed by atoms with Gasteiger partial charge in [0, 0.05) is 5.92 Å². The van der Waals surface area contributed by atoms with Crippen molar-refractivity contribution >= 4 is 17.2 Å². The minimum Gasteiger partial charge on any atom is -0.494 e. The summed E-state index contributed by atoms with van der Waals surface area (Å²) in [6.45, 7) is 6.69. The number of hydrogen-bond acceptors (Lipinski definition) is 5. The molecule has 0 aliphatic carbocycles. The maximum Gasteiger partial charge on any atom is 0.164 e. The summed E-state index contributed by atoms with van der Waals surface area (Å²) in [6.07, 6.45) is 9.35. The summed E-state index contributed by atoms with van der Waals surface area (Å²) in [6, 6.07) is 15.9. The number of aliphatic hydroxyl groups is 1. The zero-order valence-electron chi connectivity index (χ0n) is 21.2. The first-order valence-electron chi connectivity index (χ1n) is 13.0. The van der Waals surface area contributed by atoms with Crippen LogP contribution in [0.3, 0.4) is 0 Å². The van der Waals surface area contributed by atoms with Crippen molar-refractivity contribution < 1.29 is 14.6 Å². The zero-order valence-corrected chi connectivity index (χ0v) is 21.2. The molecule has 1 N–H and O–H groups in total. The Kier molecular flexibility index (Phi) is 13.2. The Balaban J connectivity index is 1.65. The third-order valence-electron chi connectivity index (χ3n) is 6.19. The third kappa shape index (κ3) is 10.6. The highest BCUT2D eigenvalue weighted by atomic mass is 16.5. The van der Waals surface area contributed by atoms with Crippen LogP contribution in [0.1, 0.15) is 84.1 Å². The summed E-state index contributed by atoms with van der Waals surface area (Å²) in [5, 5.41) is 18.6. The van der Waals surface area contributed by atoms with Gasteiger partial charge in [-0.1, -0.05) is 58.6 Å². The Morgan fingerprint density at radius 3 is 2.09 bits per heavy atom. The van der Waals surface area contributed by atoms with Crippen LogP contribution in [0, 0.1) is 5.92 Å². The summed E-state index contributed by atoms with van der Waals surface area (Å²) in [4.78, 5) is 11.9. The molecule has 0 radical (unpaired) electrons. The standard InChI is InChI=1S/C29H42N2O3/c1-4-6-7-9-12-24-14-16-25(17-15-24)30-31-26-18-20-27(21-19-26)34-22-11-8-10-13-28(32)29(33)23(3)5-2/h14-21,23,28,32H,4-13,22H2,1-3H3. The van der Waals surface area contributed by atoms with Crippen LogP contribution in [0.5, 0.6) is 5.75 Å². The Labute approximate surface area is 205 Å². The van der Waals surface area contributed by atoms with E-state index in [2.05, 4.69) is 29.3 Å². The number of carbonyl (C=O) groups excluding carboxylic acids is 1. The van der Waals surface area contributed by atoms with Crippen molar-refractivity contribution in [3.8, 4) is 5.75 Å². The number of unbranched alkanes of at least 4 members (excludes halogenated alkanes) is 5. The molecule has 186 valence electrons. The number of ketones is 1. The largest absolute Gasteiger partial charge is 0.494 e. The highest BCUT2D eigenvalue weighted by Crippen LogP contribution is 2.22. The molecule has 0 aliphatic rings. The SMILES string of the molecule is CCCCCCc1ccc(N=Nc2ccc(OCCCCCC(O)C(=O)C(C)CC)cc2)cc1. The van der Waals surface area contributed by atoms with Gasteiger partial charge in [0.25, 0.3) is 0 Å². The highest BCUT2D eigenvalue weighted by molar-refractivity contribution is 5.84. The van der Waals surface area contributed by atoms with Gasteiger partial charge < -0.3 is 9.84 Å². The average molecular weight is 467 g/mol. The van der Waals surface area contributed by atoms with Crippen molar-refractivity contribution in [1.29, 1.82) is 0 Å². The van der Waals surface area contributed by atoms with Gasteiger partial charge in [0.05, 0.1) is 18.0 Å². The van der Waals surface area contributed by atoms with E-state index in [0.29, 0.717) is 13.0 Å². The molecule has 2 aromatic rings. The molecule has 0 fully saturated rings. The maximum absolute atomic E-state index is 11.9. The number of rotatable bonds is 17. The van der Waals surface area contributed by atoms with E-state index in [1.54, 1.807) is 0 Å². The predicted molar refractivity (Wildman–Crippen MR) is 139 cm³/mol. The van der Waals surface area contributed by atoms with Crippen molar-refractivity contribution in [2.75, 3.05) is 6.61 Å². The molecule has 0 amide bonds. The van der Waals surface area contributed by atoms with Crippen LogP contribution in [-0.2, 0) is 11.2 Å². The first kappa shape index (κ1) is 27.7. The van der Waals surface area contributed by atoms with Gasteiger partial charge in [-0.3, -0.25) is 4.79 Å². The Hall–Kier alpha value is -2.53. The lowest BCUT2D eigenvalue weighted by atomic mass is 9.96. The summed E-state index contributed by atoms with van der Waals surface area (Å²) in [5.41, 5.74) is 3.00. The van der Waals surface area contributed by atoms with E-state index < -0.39 is 6.10 Å². The molecule has 0 bridgehead atoms. The normalized spacial score (nSPS) is 13.2. The lowest BCUT2D eigenvalue weighted by molar-refractivity contribution is -0.131. The van der Waals surface area contributed by atoms with Gasteiger partial charge >= 0.3 is 0 Å². The fourth-order valence-electron chi connectivity index (χ4n) is 3.69. The van der Waals surface area contributed by atoms with Crippen LogP contribution in [0.2, 0.25) is 0 Å². The van der Waals surface area contributed by atoms with Gasteiger partial charge in [0.15, 0.2) is 5.78 Å². The number of azo groups is 1. The molecule has 34 heavy (non-hydrogen) atoms. The minimum absolute atomic E-state index is 0.0363. The zero-order chi connectivity index (χ0) is 24.6. The van der Waals surface area contributed by atoms with Crippen LogP contribution in [0.25, 0.3) is 0 Å². The third-order valence-corrected chi connectivity index (χ3v) is 6.19. The fraction of sp³-hybridized carbons (Fsp3) is 0.552. The first-order chi connectivity index (χ1) is 16.5. The van der Waals surface area contributed by atoms with Gasteiger partial charge in [0.1, 0.15) is 11.9 Å². The van der Waals surface area contributed by atoms with Crippen molar-refractivity contribution in [1.82, 2.24) is 0 Å². The van der Waals surface area contributed by atoms with Gasteiger partial charge in [-0.25, -0.2) is 0 Å². The monoisotopic (exact) mass is 466 g/mol.